The highest BCUT2D eigenvalue weighted by Gasteiger charge is 2.13. The van der Waals surface area contributed by atoms with E-state index < -0.39 is 0 Å². The topological polar surface area (TPSA) is 42.0 Å². The maximum absolute atomic E-state index is 12.5. The fourth-order valence-electron chi connectivity index (χ4n) is 2.45. The number of nitrogens with zero attached hydrogens (tertiary/aromatic N) is 1. The normalized spacial score (nSPS) is 12.3. The molecule has 2 aromatic carbocycles. The Hall–Kier alpha value is -2.20. The van der Waals surface area contributed by atoms with Crippen LogP contribution in [0.1, 0.15) is 42.1 Å². The zero-order valence-electron chi connectivity index (χ0n) is 12.7. The number of para-hydroxylation sites is 1. The van der Waals surface area contributed by atoms with Gasteiger partial charge in [-0.25, -0.2) is 4.98 Å². The third-order valence-corrected chi connectivity index (χ3v) is 4.74. The third-order valence-electron chi connectivity index (χ3n) is 3.95. The molecule has 1 heterocycles. The lowest BCUT2D eigenvalue weighted by Gasteiger charge is -2.15. The molecule has 1 aromatic heterocycles. The van der Waals surface area contributed by atoms with E-state index in [1.54, 1.807) is 16.8 Å². The Morgan fingerprint density at radius 1 is 1.27 bits per heavy atom. The standard InChI is InChI=1S/C18H18N2OS/c1-3-12(2)14-6-4-5-7-15(14)20-18(21)13-8-9-16-17(10-13)22-11-19-16/h4-12H,3H2,1-2H3,(H,20,21)/t12-/m1/s1. The molecule has 0 spiro atoms. The van der Waals surface area contributed by atoms with Crippen molar-refractivity contribution >= 4 is 33.1 Å². The van der Waals surface area contributed by atoms with Gasteiger partial charge in [-0.1, -0.05) is 32.0 Å². The molecule has 0 aliphatic heterocycles. The second kappa shape index (κ2) is 6.28. The first-order chi connectivity index (χ1) is 10.7. The molecule has 0 saturated carbocycles. The van der Waals surface area contributed by atoms with Gasteiger partial charge in [0, 0.05) is 11.3 Å². The van der Waals surface area contributed by atoms with Crippen LogP contribution in [0.5, 0.6) is 0 Å². The van der Waals surface area contributed by atoms with Crippen LogP contribution in [0.4, 0.5) is 5.69 Å². The molecule has 112 valence electrons. The fraction of sp³-hybridized carbons (Fsp3) is 0.222. The van der Waals surface area contributed by atoms with Gasteiger partial charge in [0.25, 0.3) is 5.91 Å². The van der Waals surface area contributed by atoms with E-state index in [-0.39, 0.29) is 5.91 Å². The molecule has 3 rings (SSSR count). The summed E-state index contributed by atoms with van der Waals surface area (Å²) in [5.74, 6) is 0.339. The van der Waals surface area contributed by atoms with Crippen LogP contribution in [0.3, 0.4) is 0 Å². The summed E-state index contributed by atoms with van der Waals surface area (Å²) in [4.78, 5) is 16.8. The number of hydrogen-bond donors (Lipinski definition) is 1. The van der Waals surface area contributed by atoms with Crippen molar-refractivity contribution < 1.29 is 4.79 Å². The van der Waals surface area contributed by atoms with Crippen LogP contribution in [-0.2, 0) is 0 Å². The Morgan fingerprint density at radius 2 is 2.09 bits per heavy atom. The minimum Gasteiger partial charge on any atom is -0.322 e. The molecule has 3 aromatic rings. The zero-order chi connectivity index (χ0) is 15.5. The number of rotatable bonds is 4. The zero-order valence-corrected chi connectivity index (χ0v) is 13.5. The number of aromatic nitrogens is 1. The van der Waals surface area contributed by atoms with Crippen LogP contribution in [-0.4, -0.2) is 10.9 Å². The van der Waals surface area contributed by atoms with Gasteiger partial charge in [0.05, 0.1) is 15.7 Å². The lowest BCUT2D eigenvalue weighted by molar-refractivity contribution is 0.102. The molecule has 0 aliphatic rings. The Bertz CT molecular complexity index is 809. The Morgan fingerprint density at radius 3 is 2.91 bits per heavy atom. The van der Waals surface area contributed by atoms with Crippen molar-refractivity contribution in [1.29, 1.82) is 0 Å². The molecule has 0 fully saturated rings. The van der Waals surface area contributed by atoms with E-state index in [2.05, 4.69) is 30.2 Å². The largest absolute Gasteiger partial charge is 0.322 e. The van der Waals surface area contributed by atoms with Gasteiger partial charge in [0.1, 0.15) is 0 Å². The van der Waals surface area contributed by atoms with Crippen LogP contribution in [0, 0.1) is 0 Å². The van der Waals surface area contributed by atoms with Gasteiger partial charge in [-0.3, -0.25) is 4.79 Å². The molecule has 0 unspecified atom stereocenters. The third kappa shape index (κ3) is 2.88. The predicted molar refractivity (Wildman–Crippen MR) is 92.7 cm³/mol. The number of anilines is 1. The van der Waals surface area contributed by atoms with E-state index in [1.165, 1.54) is 5.56 Å². The Labute approximate surface area is 134 Å². The predicted octanol–water partition coefficient (Wildman–Crippen LogP) is 5.06. The van der Waals surface area contributed by atoms with Crippen molar-refractivity contribution in [2.24, 2.45) is 0 Å². The first kappa shape index (κ1) is 14.7. The lowest BCUT2D eigenvalue weighted by Crippen LogP contribution is -2.13. The van der Waals surface area contributed by atoms with Gasteiger partial charge in [-0.15, -0.1) is 11.3 Å². The van der Waals surface area contributed by atoms with Crippen LogP contribution < -0.4 is 5.32 Å². The quantitative estimate of drug-likeness (QED) is 0.731. The van der Waals surface area contributed by atoms with E-state index in [0.717, 1.165) is 22.3 Å². The average Bonchev–Trinajstić information content (AvgIpc) is 3.02. The van der Waals surface area contributed by atoms with Crippen molar-refractivity contribution in [2.75, 3.05) is 5.32 Å². The number of hydrogen-bond acceptors (Lipinski definition) is 3. The number of thiazole rings is 1. The fourth-order valence-corrected chi connectivity index (χ4v) is 3.17. The van der Waals surface area contributed by atoms with Gasteiger partial charge in [0.15, 0.2) is 0 Å². The number of fused-ring (bicyclic) bond motifs is 1. The Balaban J connectivity index is 1.88. The van der Waals surface area contributed by atoms with E-state index in [0.29, 0.717) is 11.5 Å². The molecule has 1 N–H and O–H groups in total. The average molecular weight is 310 g/mol. The van der Waals surface area contributed by atoms with E-state index >= 15 is 0 Å². The highest BCUT2D eigenvalue weighted by Crippen LogP contribution is 2.27. The van der Waals surface area contributed by atoms with E-state index in [1.807, 2.05) is 36.4 Å². The Kier molecular flexibility index (Phi) is 4.20. The number of benzene rings is 2. The van der Waals surface area contributed by atoms with Gasteiger partial charge >= 0.3 is 0 Å². The van der Waals surface area contributed by atoms with Crippen molar-refractivity contribution in [1.82, 2.24) is 4.98 Å². The molecule has 4 heteroatoms. The van der Waals surface area contributed by atoms with Gasteiger partial charge in [-0.2, -0.15) is 0 Å². The number of amides is 1. The summed E-state index contributed by atoms with van der Waals surface area (Å²) in [5.41, 5.74) is 5.46. The summed E-state index contributed by atoms with van der Waals surface area (Å²) in [5, 5.41) is 3.04. The molecule has 0 aliphatic carbocycles. The second-order valence-electron chi connectivity index (χ2n) is 5.39. The summed E-state index contributed by atoms with van der Waals surface area (Å²) in [6, 6.07) is 13.6. The summed E-state index contributed by atoms with van der Waals surface area (Å²) in [6.07, 6.45) is 1.04. The SMILES string of the molecule is CC[C@@H](C)c1ccccc1NC(=O)c1ccc2ncsc2c1. The van der Waals surface area contributed by atoms with Crippen molar-refractivity contribution in [3.05, 3.63) is 59.1 Å². The molecular weight excluding hydrogens is 292 g/mol. The first-order valence-electron chi connectivity index (χ1n) is 7.42. The second-order valence-corrected chi connectivity index (χ2v) is 6.27. The summed E-state index contributed by atoms with van der Waals surface area (Å²) in [7, 11) is 0. The van der Waals surface area contributed by atoms with Crippen molar-refractivity contribution in [2.45, 2.75) is 26.2 Å². The highest BCUT2D eigenvalue weighted by atomic mass is 32.1. The minimum absolute atomic E-state index is 0.0777. The summed E-state index contributed by atoms with van der Waals surface area (Å²) >= 11 is 1.55. The molecule has 0 bridgehead atoms. The van der Waals surface area contributed by atoms with Crippen molar-refractivity contribution in [3.63, 3.8) is 0 Å². The number of nitrogens with one attached hydrogen (secondary N) is 1. The van der Waals surface area contributed by atoms with Gasteiger partial charge < -0.3 is 5.32 Å². The van der Waals surface area contributed by atoms with E-state index in [9.17, 15) is 4.79 Å². The monoisotopic (exact) mass is 310 g/mol. The molecule has 0 radical (unpaired) electrons. The lowest BCUT2D eigenvalue weighted by atomic mass is 9.97. The van der Waals surface area contributed by atoms with Crippen LogP contribution >= 0.6 is 11.3 Å². The maximum Gasteiger partial charge on any atom is 0.255 e. The smallest absolute Gasteiger partial charge is 0.255 e. The molecular formula is C18H18N2OS. The number of carbonyl (C=O) groups excluding carboxylic acids is 1. The van der Waals surface area contributed by atoms with Crippen molar-refractivity contribution in [3.8, 4) is 0 Å². The molecule has 1 amide bonds. The molecule has 0 saturated heterocycles. The van der Waals surface area contributed by atoms with Crippen LogP contribution in [0.2, 0.25) is 0 Å². The highest BCUT2D eigenvalue weighted by molar-refractivity contribution is 7.16. The first-order valence-corrected chi connectivity index (χ1v) is 8.30. The van der Waals surface area contributed by atoms with Gasteiger partial charge in [-0.05, 0) is 42.2 Å². The minimum atomic E-state index is -0.0777. The summed E-state index contributed by atoms with van der Waals surface area (Å²) < 4.78 is 1.03. The van der Waals surface area contributed by atoms with Gasteiger partial charge in [0.2, 0.25) is 0 Å². The van der Waals surface area contributed by atoms with E-state index in [4.69, 9.17) is 0 Å². The van der Waals surface area contributed by atoms with Crippen LogP contribution in [0.15, 0.2) is 48.0 Å². The summed E-state index contributed by atoms with van der Waals surface area (Å²) in [6.45, 7) is 4.33. The van der Waals surface area contributed by atoms with Crippen LogP contribution in [0.25, 0.3) is 10.2 Å². The maximum atomic E-state index is 12.5. The molecule has 1 atom stereocenters. The number of carbonyl (C=O) groups is 1. The molecule has 3 nitrogen and oxygen atoms in total. The molecule has 22 heavy (non-hydrogen) atoms.